The van der Waals surface area contributed by atoms with Crippen LogP contribution >= 0.6 is 0 Å². The number of benzene rings is 3. The first-order valence-electron chi connectivity index (χ1n) is 11.3. The summed E-state index contributed by atoms with van der Waals surface area (Å²) in [6.07, 6.45) is 0.671. The number of nitrogens with one attached hydrogen (secondary N) is 1. The van der Waals surface area contributed by atoms with Gasteiger partial charge in [0.15, 0.2) is 0 Å². The van der Waals surface area contributed by atoms with Gasteiger partial charge >= 0.3 is 5.69 Å². The van der Waals surface area contributed by atoms with Crippen molar-refractivity contribution in [2.45, 2.75) is 40.0 Å². The van der Waals surface area contributed by atoms with Gasteiger partial charge in [-0.1, -0.05) is 45.0 Å². The van der Waals surface area contributed by atoms with Gasteiger partial charge in [-0.05, 0) is 66.3 Å². The minimum absolute atomic E-state index is 0.0325. The number of halogens is 1. The molecule has 8 heteroatoms. The summed E-state index contributed by atoms with van der Waals surface area (Å²) in [4.78, 5) is 38.6. The van der Waals surface area contributed by atoms with Crippen molar-refractivity contribution < 1.29 is 18.9 Å². The number of carbonyl (C=O) groups is 2. The molecule has 0 saturated heterocycles. The van der Waals surface area contributed by atoms with E-state index in [1.54, 1.807) is 0 Å². The molecule has 7 nitrogen and oxygen atoms in total. The Morgan fingerprint density at radius 3 is 2.40 bits per heavy atom. The van der Waals surface area contributed by atoms with Crippen LogP contribution in [0, 0.1) is 22.9 Å². The van der Waals surface area contributed by atoms with E-state index in [4.69, 9.17) is 0 Å². The van der Waals surface area contributed by atoms with Gasteiger partial charge in [0.1, 0.15) is 17.1 Å². The molecule has 0 fully saturated rings. The Bertz CT molecular complexity index is 1300. The normalized spacial score (nSPS) is 10.8. The second-order valence-corrected chi connectivity index (χ2v) is 8.64. The average Bonchev–Trinajstić information content (AvgIpc) is 2.83. The van der Waals surface area contributed by atoms with Crippen molar-refractivity contribution >= 4 is 28.9 Å². The van der Waals surface area contributed by atoms with Crippen molar-refractivity contribution in [1.29, 1.82) is 0 Å². The molecule has 182 valence electrons. The molecule has 0 aliphatic rings. The van der Waals surface area contributed by atoms with Crippen molar-refractivity contribution in [3.63, 3.8) is 0 Å². The minimum atomic E-state index is -0.685. The Labute approximate surface area is 203 Å². The van der Waals surface area contributed by atoms with E-state index >= 15 is 0 Å². The maximum Gasteiger partial charge on any atom is 0.305 e. The first-order chi connectivity index (χ1) is 16.5. The highest BCUT2D eigenvalue weighted by Gasteiger charge is 2.29. The standard InChI is InChI=1S/C27H28FN3O4/c1-6-18-14-20(16(2)3)13-17(4)24(18)29-26(32)22-11-8-12-23(25(22)31(34)35)30(5)27(33)19-9-7-10-21(28)15-19/h7-16H,6H2,1-5H3,(H,29,32). The summed E-state index contributed by atoms with van der Waals surface area (Å²) >= 11 is 0. The molecule has 3 aromatic carbocycles. The second kappa shape index (κ2) is 10.5. The van der Waals surface area contributed by atoms with Gasteiger partial charge in [0.25, 0.3) is 11.8 Å². The van der Waals surface area contributed by atoms with Crippen molar-refractivity contribution in [1.82, 2.24) is 0 Å². The predicted molar refractivity (Wildman–Crippen MR) is 135 cm³/mol. The molecule has 0 radical (unpaired) electrons. The molecular formula is C27H28FN3O4. The topological polar surface area (TPSA) is 92.6 Å². The molecule has 0 heterocycles. The summed E-state index contributed by atoms with van der Waals surface area (Å²) in [6.45, 7) is 8.04. The number of carbonyl (C=O) groups excluding carboxylic acids is 2. The Kier molecular flexibility index (Phi) is 7.64. The van der Waals surface area contributed by atoms with Crippen LogP contribution in [0.5, 0.6) is 0 Å². The zero-order valence-corrected chi connectivity index (χ0v) is 20.4. The summed E-state index contributed by atoms with van der Waals surface area (Å²) in [5.74, 6) is -1.58. The molecule has 1 N–H and O–H groups in total. The van der Waals surface area contributed by atoms with E-state index in [0.29, 0.717) is 18.0 Å². The Hall–Kier alpha value is -4.07. The molecule has 0 unspecified atom stereocenters. The van der Waals surface area contributed by atoms with E-state index in [1.165, 1.54) is 43.4 Å². The number of para-hydroxylation sites is 1. The lowest BCUT2D eigenvalue weighted by atomic mass is 9.95. The number of nitro benzene ring substituents is 1. The Balaban J connectivity index is 2.02. The largest absolute Gasteiger partial charge is 0.321 e. The molecule has 35 heavy (non-hydrogen) atoms. The van der Waals surface area contributed by atoms with Crippen molar-refractivity contribution in [2.24, 2.45) is 0 Å². The van der Waals surface area contributed by atoms with Gasteiger partial charge in [-0.2, -0.15) is 0 Å². The molecule has 0 aliphatic carbocycles. The van der Waals surface area contributed by atoms with E-state index in [2.05, 4.69) is 19.2 Å². The van der Waals surface area contributed by atoms with Gasteiger partial charge in [-0.3, -0.25) is 19.7 Å². The summed E-state index contributed by atoms with van der Waals surface area (Å²) in [5.41, 5.74) is 2.82. The number of hydrogen-bond donors (Lipinski definition) is 1. The minimum Gasteiger partial charge on any atom is -0.321 e. The van der Waals surface area contributed by atoms with Crippen LogP contribution in [-0.2, 0) is 6.42 Å². The fraction of sp³-hybridized carbons (Fsp3) is 0.259. The molecule has 0 atom stereocenters. The molecule has 2 amide bonds. The van der Waals surface area contributed by atoms with Gasteiger partial charge in [0, 0.05) is 18.3 Å². The number of nitrogens with zero attached hydrogens (tertiary/aromatic N) is 2. The van der Waals surface area contributed by atoms with E-state index in [9.17, 15) is 24.1 Å². The lowest BCUT2D eigenvalue weighted by molar-refractivity contribution is -0.384. The maximum atomic E-state index is 13.6. The monoisotopic (exact) mass is 477 g/mol. The van der Waals surface area contributed by atoms with Crippen LogP contribution in [-0.4, -0.2) is 23.8 Å². The smallest absolute Gasteiger partial charge is 0.305 e. The van der Waals surface area contributed by atoms with Crippen LogP contribution < -0.4 is 10.2 Å². The molecule has 3 aromatic rings. The summed E-state index contributed by atoms with van der Waals surface area (Å²) in [5, 5.41) is 14.9. The molecule has 3 rings (SSSR count). The van der Waals surface area contributed by atoms with Crippen molar-refractivity contribution in [2.75, 3.05) is 17.3 Å². The van der Waals surface area contributed by atoms with E-state index in [1.807, 2.05) is 26.0 Å². The number of nitro groups is 1. The third-order valence-electron chi connectivity index (χ3n) is 5.91. The lowest BCUT2D eigenvalue weighted by Crippen LogP contribution is -2.28. The van der Waals surface area contributed by atoms with Crippen molar-refractivity contribution in [3.05, 3.63) is 98.3 Å². The molecule has 0 saturated carbocycles. The number of rotatable bonds is 7. The van der Waals surface area contributed by atoms with Gasteiger partial charge < -0.3 is 10.2 Å². The summed E-state index contributed by atoms with van der Waals surface area (Å²) < 4.78 is 13.6. The SMILES string of the molecule is CCc1cc(C(C)C)cc(C)c1NC(=O)c1cccc(N(C)C(=O)c2cccc(F)c2)c1[N+](=O)[O-]. The third kappa shape index (κ3) is 5.37. The van der Waals surface area contributed by atoms with Gasteiger partial charge in [0.05, 0.1) is 4.92 Å². The maximum absolute atomic E-state index is 13.6. The van der Waals surface area contributed by atoms with Crippen LogP contribution in [0.15, 0.2) is 54.6 Å². The zero-order chi connectivity index (χ0) is 25.9. The first-order valence-corrected chi connectivity index (χ1v) is 11.3. The van der Waals surface area contributed by atoms with E-state index in [-0.39, 0.29) is 16.8 Å². The fourth-order valence-electron chi connectivity index (χ4n) is 3.96. The van der Waals surface area contributed by atoms with Crippen LogP contribution in [0.3, 0.4) is 0 Å². The quantitative estimate of drug-likeness (QED) is 0.321. The van der Waals surface area contributed by atoms with Crippen molar-refractivity contribution in [3.8, 4) is 0 Å². The zero-order valence-electron chi connectivity index (χ0n) is 20.4. The lowest BCUT2D eigenvalue weighted by Gasteiger charge is -2.20. The number of aryl methyl sites for hydroxylation is 2. The summed E-state index contributed by atoms with van der Waals surface area (Å²) in [6, 6.07) is 13.3. The highest BCUT2D eigenvalue weighted by atomic mass is 19.1. The van der Waals surface area contributed by atoms with Crippen LogP contribution in [0.25, 0.3) is 0 Å². The van der Waals surface area contributed by atoms with Gasteiger partial charge in [0.2, 0.25) is 0 Å². The highest BCUT2D eigenvalue weighted by molar-refractivity contribution is 6.12. The van der Waals surface area contributed by atoms with Crippen LogP contribution in [0.2, 0.25) is 0 Å². The number of anilines is 2. The van der Waals surface area contributed by atoms with E-state index in [0.717, 1.165) is 27.7 Å². The first kappa shape index (κ1) is 25.6. The fourth-order valence-corrected chi connectivity index (χ4v) is 3.96. The van der Waals surface area contributed by atoms with E-state index < -0.39 is 28.2 Å². The van der Waals surface area contributed by atoms with Crippen LogP contribution in [0.1, 0.15) is 64.1 Å². The Morgan fingerprint density at radius 1 is 1.11 bits per heavy atom. The van der Waals surface area contributed by atoms with Crippen LogP contribution in [0.4, 0.5) is 21.5 Å². The summed E-state index contributed by atoms with van der Waals surface area (Å²) in [7, 11) is 1.35. The molecule has 0 aliphatic heterocycles. The molecule has 0 bridgehead atoms. The highest BCUT2D eigenvalue weighted by Crippen LogP contribution is 2.34. The third-order valence-corrected chi connectivity index (χ3v) is 5.91. The second-order valence-electron chi connectivity index (χ2n) is 8.64. The molecular weight excluding hydrogens is 449 g/mol. The van der Waals surface area contributed by atoms with Gasteiger partial charge in [-0.25, -0.2) is 4.39 Å². The number of hydrogen-bond acceptors (Lipinski definition) is 4. The molecule has 0 spiro atoms. The molecule has 0 aromatic heterocycles. The Morgan fingerprint density at radius 2 is 1.80 bits per heavy atom. The number of amides is 2. The van der Waals surface area contributed by atoms with Gasteiger partial charge in [-0.15, -0.1) is 0 Å². The average molecular weight is 478 g/mol. The predicted octanol–water partition coefficient (Wildman–Crippen LogP) is 6.26.